The number of anilines is 1. The summed E-state index contributed by atoms with van der Waals surface area (Å²) in [5.74, 6) is -0.292. The van der Waals surface area contributed by atoms with Crippen molar-refractivity contribution in [3.05, 3.63) is 70.1 Å². The van der Waals surface area contributed by atoms with Gasteiger partial charge in [-0.2, -0.15) is 0 Å². The second-order valence-corrected chi connectivity index (χ2v) is 5.80. The summed E-state index contributed by atoms with van der Waals surface area (Å²) in [4.78, 5) is 35.0. The maximum absolute atomic E-state index is 11.9. The number of rotatable bonds is 6. The minimum Gasteiger partial charge on any atom is -0.488 e. The molecule has 0 spiro atoms. The molecule has 0 aliphatic carbocycles. The highest BCUT2D eigenvalue weighted by Crippen LogP contribution is 2.24. The van der Waals surface area contributed by atoms with Crippen molar-refractivity contribution < 1.29 is 23.5 Å². The van der Waals surface area contributed by atoms with Gasteiger partial charge in [0.05, 0.1) is 12.2 Å². The van der Waals surface area contributed by atoms with Gasteiger partial charge in [-0.15, -0.1) is 0 Å². The predicted octanol–water partition coefficient (Wildman–Crippen LogP) is 3.04. The second-order valence-electron chi connectivity index (χ2n) is 5.80. The van der Waals surface area contributed by atoms with Gasteiger partial charge in [-0.25, -0.2) is 9.59 Å². The first kappa shape index (κ1) is 19.0. The van der Waals surface area contributed by atoms with Gasteiger partial charge in [0.2, 0.25) is 0 Å². The molecule has 0 aliphatic heterocycles. The van der Waals surface area contributed by atoms with E-state index in [0.717, 1.165) is 0 Å². The van der Waals surface area contributed by atoms with Crippen LogP contribution in [-0.2, 0) is 11.3 Å². The summed E-state index contributed by atoms with van der Waals surface area (Å²) in [7, 11) is 0. The van der Waals surface area contributed by atoms with Crippen LogP contribution in [0.2, 0.25) is 0 Å². The summed E-state index contributed by atoms with van der Waals surface area (Å²) in [6.45, 7) is 1.96. The predicted molar refractivity (Wildman–Crippen MR) is 102 cm³/mol. The maximum atomic E-state index is 11.9. The number of nitrogens with one attached hydrogen (secondary N) is 1. The molecule has 3 rings (SSSR count). The van der Waals surface area contributed by atoms with Gasteiger partial charge >= 0.3 is 11.7 Å². The van der Waals surface area contributed by atoms with E-state index >= 15 is 0 Å². The van der Waals surface area contributed by atoms with Gasteiger partial charge in [-0.3, -0.25) is 10.1 Å². The third-order valence-electron chi connectivity index (χ3n) is 3.89. The Labute approximate surface area is 159 Å². The summed E-state index contributed by atoms with van der Waals surface area (Å²) < 4.78 is 15.7. The van der Waals surface area contributed by atoms with Crippen LogP contribution >= 0.6 is 0 Å². The summed E-state index contributed by atoms with van der Waals surface area (Å²) in [6, 6.07) is 12.8. The molecule has 2 amide bonds. The van der Waals surface area contributed by atoms with Crippen LogP contribution in [0.1, 0.15) is 22.8 Å². The fourth-order valence-corrected chi connectivity index (χ4v) is 2.66. The summed E-state index contributed by atoms with van der Waals surface area (Å²) in [5.41, 5.74) is 6.29. The summed E-state index contributed by atoms with van der Waals surface area (Å²) in [5, 5.41) is 3.18. The van der Waals surface area contributed by atoms with E-state index in [9.17, 15) is 14.4 Å². The Hall–Kier alpha value is -3.81. The quantitative estimate of drug-likeness (QED) is 0.632. The molecular weight excluding hydrogens is 364 g/mol. The van der Waals surface area contributed by atoms with Gasteiger partial charge in [0.25, 0.3) is 5.91 Å². The average molecular weight is 382 g/mol. The van der Waals surface area contributed by atoms with Gasteiger partial charge in [-0.05, 0) is 31.2 Å². The van der Waals surface area contributed by atoms with Crippen LogP contribution in [0.15, 0.2) is 57.7 Å². The first-order chi connectivity index (χ1) is 13.5. The van der Waals surface area contributed by atoms with Gasteiger partial charge in [-0.1, -0.05) is 12.1 Å². The van der Waals surface area contributed by atoms with Crippen LogP contribution in [0.3, 0.4) is 0 Å². The molecule has 2 aromatic carbocycles. The van der Waals surface area contributed by atoms with E-state index in [1.165, 1.54) is 12.1 Å². The molecule has 0 radical (unpaired) electrons. The molecule has 8 heteroatoms. The molecule has 0 aliphatic rings. The lowest BCUT2D eigenvalue weighted by Gasteiger charge is -2.11. The van der Waals surface area contributed by atoms with Crippen LogP contribution in [0.4, 0.5) is 10.5 Å². The Balaban J connectivity index is 1.89. The number of primary amides is 1. The third kappa shape index (κ3) is 4.29. The molecule has 0 atom stereocenters. The molecule has 1 heterocycles. The van der Waals surface area contributed by atoms with E-state index in [4.69, 9.17) is 19.6 Å². The summed E-state index contributed by atoms with van der Waals surface area (Å²) >= 11 is 0. The number of benzene rings is 2. The molecule has 3 N–H and O–H groups in total. The van der Waals surface area contributed by atoms with Crippen molar-refractivity contribution >= 4 is 28.7 Å². The number of carbonyl (C=O) groups excluding carboxylic acids is 2. The molecule has 0 saturated carbocycles. The number of fused-ring (bicyclic) bond motifs is 1. The highest BCUT2D eigenvalue weighted by Gasteiger charge is 2.12. The summed E-state index contributed by atoms with van der Waals surface area (Å²) in [6.07, 6.45) is -0.605. The van der Waals surface area contributed by atoms with Crippen LogP contribution in [-0.4, -0.2) is 18.6 Å². The van der Waals surface area contributed by atoms with Gasteiger partial charge in [0.15, 0.2) is 0 Å². The largest absolute Gasteiger partial charge is 0.488 e. The lowest BCUT2D eigenvalue weighted by Crippen LogP contribution is -2.14. The zero-order valence-electron chi connectivity index (χ0n) is 15.1. The molecule has 144 valence electrons. The standard InChI is InChI=1S/C20H18N2O6/c1-2-26-20(25)22-13-7-8-14-12(9-18(23)28-17(14)10-13)11-27-16-6-4-3-5-15(16)19(21)24/h3-10H,2,11H2,1H3,(H2,21,24)(H,22,25). The molecule has 0 bridgehead atoms. The van der Waals surface area contributed by atoms with Crippen molar-refractivity contribution in [2.45, 2.75) is 13.5 Å². The number of hydrogen-bond acceptors (Lipinski definition) is 6. The van der Waals surface area contributed by atoms with E-state index in [1.54, 1.807) is 43.3 Å². The van der Waals surface area contributed by atoms with Gasteiger partial charge < -0.3 is 19.6 Å². The Morgan fingerprint density at radius 2 is 1.93 bits per heavy atom. The first-order valence-corrected chi connectivity index (χ1v) is 8.50. The van der Waals surface area contributed by atoms with Crippen molar-refractivity contribution in [2.75, 3.05) is 11.9 Å². The first-order valence-electron chi connectivity index (χ1n) is 8.50. The van der Waals surface area contributed by atoms with E-state index in [1.807, 2.05) is 0 Å². The highest BCUT2D eigenvalue weighted by molar-refractivity contribution is 5.95. The SMILES string of the molecule is CCOC(=O)Nc1ccc2c(COc3ccccc3C(N)=O)cc(=O)oc2c1. The fourth-order valence-electron chi connectivity index (χ4n) is 2.66. The van der Waals surface area contributed by atoms with Crippen molar-refractivity contribution in [1.82, 2.24) is 0 Å². The Morgan fingerprint density at radius 3 is 2.68 bits per heavy atom. The van der Waals surface area contributed by atoms with Crippen LogP contribution in [0.5, 0.6) is 5.75 Å². The lowest BCUT2D eigenvalue weighted by molar-refractivity contribution is 0.0996. The van der Waals surface area contributed by atoms with E-state index in [0.29, 0.717) is 22.4 Å². The second kappa shape index (κ2) is 8.26. The molecule has 3 aromatic rings. The van der Waals surface area contributed by atoms with Crippen molar-refractivity contribution in [2.24, 2.45) is 5.73 Å². The van der Waals surface area contributed by atoms with E-state index in [2.05, 4.69) is 5.32 Å². The topological polar surface area (TPSA) is 121 Å². The fraction of sp³-hybridized carbons (Fsp3) is 0.150. The molecule has 0 saturated heterocycles. The number of carbonyl (C=O) groups is 2. The van der Waals surface area contributed by atoms with Crippen LogP contribution in [0.25, 0.3) is 11.0 Å². The Kier molecular flexibility index (Phi) is 5.59. The zero-order valence-corrected chi connectivity index (χ0v) is 15.1. The maximum Gasteiger partial charge on any atom is 0.411 e. The third-order valence-corrected chi connectivity index (χ3v) is 3.89. The average Bonchev–Trinajstić information content (AvgIpc) is 2.66. The van der Waals surface area contributed by atoms with Crippen LogP contribution < -0.4 is 21.4 Å². The Bertz CT molecular complexity index is 1090. The minimum absolute atomic E-state index is 0.0248. The molecule has 8 nitrogen and oxygen atoms in total. The number of hydrogen-bond donors (Lipinski definition) is 2. The number of nitrogens with two attached hydrogens (primary N) is 1. The van der Waals surface area contributed by atoms with Crippen molar-refractivity contribution in [3.8, 4) is 5.75 Å². The lowest BCUT2D eigenvalue weighted by atomic mass is 10.1. The van der Waals surface area contributed by atoms with Crippen molar-refractivity contribution in [3.63, 3.8) is 0 Å². The monoisotopic (exact) mass is 382 g/mol. The Morgan fingerprint density at radius 1 is 1.14 bits per heavy atom. The number of para-hydroxylation sites is 1. The molecule has 0 fully saturated rings. The molecule has 0 unspecified atom stereocenters. The number of ether oxygens (including phenoxy) is 2. The normalized spacial score (nSPS) is 10.5. The smallest absolute Gasteiger partial charge is 0.411 e. The molecule has 1 aromatic heterocycles. The highest BCUT2D eigenvalue weighted by atomic mass is 16.5. The molecular formula is C20H18N2O6. The molecule has 28 heavy (non-hydrogen) atoms. The van der Waals surface area contributed by atoms with Gasteiger partial charge in [0.1, 0.15) is 17.9 Å². The van der Waals surface area contributed by atoms with Gasteiger partial charge in [0, 0.05) is 28.8 Å². The van der Waals surface area contributed by atoms with E-state index in [-0.39, 0.29) is 24.4 Å². The van der Waals surface area contributed by atoms with Crippen molar-refractivity contribution in [1.29, 1.82) is 0 Å². The minimum atomic E-state index is -0.609. The van der Waals surface area contributed by atoms with E-state index < -0.39 is 17.6 Å². The zero-order chi connectivity index (χ0) is 20.1. The number of amides is 2. The van der Waals surface area contributed by atoms with Crippen LogP contribution in [0, 0.1) is 0 Å².